The molecule has 0 amide bonds. The lowest BCUT2D eigenvalue weighted by molar-refractivity contribution is -0.142. The van der Waals surface area contributed by atoms with E-state index < -0.39 is 25.8 Å². The van der Waals surface area contributed by atoms with Crippen LogP contribution in [0.5, 0.6) is 11.6 Å². The first-order chi connectivity index (χ1) is 15.1. The zero-order valence-corrected chi connectivity index (χ0v) is 16.5. The molecule has 4 rings (SSSR count). The van der Waals surface area contributed by atoms with Crippen molar-refractivity contribution in [1.82, 2.24) is 24.3 Å². The molecule has 0 aliphatic rings. The molecule has 0 aliphatic heterocycles. The van der Waals surface area contributed by atoms with Crippen LogP contribution in [0.2, 0.25) is 0 Å². The van der Waals surface area contributed by atoms with E-state index in [9.17, 15) is 27.1 Å². The molecule has 0 saturated heterocycles. The van der Waals surface area contributed by atoms with Crippen LogP contribution in [0, 0.1) is 6.92 Å². The molecule has 32 heavy (non-hydrogen) atoms. The van der Waals surface area contributed by atoms with Gasteiger partial charge in [-0.05, 0) is 24.6 Å². The number of aromatic hydroxyl groups is 1. The second-order valence-corrected chi connectivity index (χ2v) is 7.03. The number of hydrogen-bond donors (Lipinski definition) is 1. The highest BCUT2D eigenvalue weighted by atomic mass is 19.4. The Morgan fingerprint density at radius 1 is 1.12 bits per heavy atom. The zero-order chi connectivity index (χ0) is 23.0. The maximum absolute atomic E-state index is 12.6. The molecule has 0 aromatic carbocycles. The Hall–Kier alpha value is -3.70. The molecule has 0 bridgehead atoms. The van der Waals surface area contributed by atoms with Crippen LogP contribution in [0.15, 0.2) is 43.1 Å². The lowest BCUT2D eigenvalue weighted by Gasteiger charge is -2.08. The molecule has 0 fully saturated rings. The number of rotatable bonds is 6. The second-order valence-electron chi connectivity index (χ2n) is 7.03. The summed E-state index contributed by atoms with van der Waals surface area (Å²) in [5.41, 5.74) is 2.21. The first-order valence-corrected chi connectivity index (χ1v) is 9.28. The van der Waals surface area contributed by atoms with Crippen molar-refractivity contribution in [3.63, 3.8) is 0 Å². The fourth-order valence-electron chi connectivity index (χ4n) is 3.27. The number of ether oxygens (including phenoxy) is 1. The maximum atomic E-state index is 12.6. The molecule has 168 valence electrons. The molecular formula is C20H16F5N5O2. The summed E-state index contributed by atoms with van der Waals surface area (Å²) in [6.07, 6.45) is -0.426. The summed E-state index contributed by atoms with van der Waals surface area (Å²) in [6.45, 7) is -0.294. The molecule has 0 saturated carbocycles. The third-order valence-electron chi connectivity index (χ3n) is 4.57. The molecule has 0 radical (unpaired) electrons. The van der Waals surface area contributed by atoms with Crippen molar-refractivity contribution in [3.05, 3.63) is 48.7 Å². The van der Waals surface area contributed by atoms with Gasteiger partial charge in [0.05, 0.1) is 34.7 Å². The van der Waals surface area contributed by atoms with Gasteiger partial charge in [-0.15, -0.1) is 0 Å². The lowest BCUT2D eigenvalue weighted by Crippen LogP contribution is -2.17. The number of fused-ring (bicyclic) bond motifs is 1. The number of halogens is 5. The summed E-state index contributed by atoms with van der Waals surface area (Å²) in [7, 11) is 0. The first-order valence-electron chi connectivity index (χ1n) is 9.28. The normalized spacial score (nSPS) is 12.1. The molecule has 1 N–H and O–H groups in total. The molecule has 0 spiro atoms. The van der Waals surface area contributed by atoms with E-state index in [-0.39, 0.29) is 17.3 Å². The van der Waals surface area contributed by atoms with Gasteiger partial charge < -0.3 is 9.84 Å². The van der Waals surface area contributed by atoms with E-state index in [0.717, 1.165) is 10.9 Å². The zero-order valence-electron chi connectivity index (χ0n) is 16.5. The van der Waals surface area contributed by atoms with Crippen molar-refractivity contribution in [2.24, 2.45) is 0 Å². The minimum atomic E-state index is -4.43. The van der Waals surface area contributed by atoms with Crippen molar-refractivity contribution >= 4 is 10.9 Å². The van der Waals surface area contributed by atoms with Gasteiger partial charge in [-0.2, -0.15) is 18.3 Å². The minimum Gasteiger partial charge on any atom is -0.494 e. The summed E-state index contributed by atoms with van der Waals surface area (Å²) < 4.78 is 69.6. The number of nitrogens with zero attached hydrogens (tertiary/aromatic N) is 5. The van der Waals surface area contributed by atoms with E-state index in [0.29, 0.717) is 27.7 Å². The Balaban J connectivity index is 1.70. The van der Waals surface area contributed by atoms with E-state index in [2.05, 4.69) is 15.1 Å². The highest BCUT2D eigenvalue weighted by molar-refractivity contribution is 5.90. The Labute approximate surface area is 177 Å². The standard InChI is InChI=1S/C20H16F5N5O2/c1-11-2-15(12-3-14(6-26-4-12)32-9-17(21)22)28-16-8-30(19(31)18(11)16)13-5-27-29(7-13)10-20(23,24)25/h2-8,17,31H,9-10H2,1H3. The van der Waals surface area contributed by atoms with Crippen LogP contribution in [0.3, 0.4) is 0 Å². The first kappa shape index (κ1) is 21.5. The van der Waals surface area contributed by atoms with Crippen LogP contribution in [-0.4, -0.2) is 48.6 Å². The van der Waals surface area contributed by atoms with E-state index in [1.54, 1.807) is 13.0 Å². The maximum Gasteiger partial charge on any atom is 0.408 e. The van der Waals surface area contributed by atoms with E-state index >= 15 is 0 Å². The van der Waals surface area contributed by atoms with Crippen molar-refractivity contribution in [2.45, 2.75) is 26.1 Å². The molecule has 0 atom stereocenters. The summed E-state index contributed by atoms with van der Waals surface area (Å²) in [5.74, 6) is -0.0462. The SMILES string of the molecule is Cc1cc(-c2cncc(OCC(F)F)c2)nc2cn(-c3cnn(CC(F)(F)F)c3)c(O)c12. The molecule has 4 heterocycles. The van der Waals surface area contributed by atoms with Crippen LogP contribution >= 0.6 is 0 Å². The summed E-state index contributed by atoms with van der Waals surface area (Å²) in [4.78, 5) is 8.47. The van der Waals surface area contributed by atoms with Crippen molar-refractivity contribution in [1.29, 1.82) is 0 Å². The Morgan fingerprint density at radius 3 is 2.62 bits per heavy atom. The molecular weight excluding hydrogens is 437 g/mol. The molecule has 0 unspecified atom stereocenters. The molecule has 4 aromatic heterocycles. The van der Waals surface area contributed by atoms with Crippen LogP contribution < -0.4 is 4.74 Å². The van der Waals surface area contributed by atoms with Gasteiger partial charge in [0.25, 0.3) is 6.43 Å². The molecule has 12 heteroatoms. The van der Waals surface area contributed by atoms with Gasteiger partial charge in [-0.25, -0.2) is 13.8 Å². The number of aryl methyl sites for hydroxylation is 1. The van der Waals surface area contributed by atoms with Gasteiger partial charge in [-0.3, -0.25) is 14.2 Å². The van der Waals surface area contributed by atoms with Crippen LogP contribution in [-0.2, 0) is 6.54 Å². The van der Waals surface area contributed by atoms with E-state index in [4.69, 9.17) is 4.74 Å². The fourth-order valence-corrected chi connectivity index (χ4v) is 3.27. The van der Waals surface area contributed by atoms with Crippen LogP contribution in [0.25, 0.3) is 27.8 Å². The number of aromatic nitrogens is 5. The summed E-state index contributed by atoms with van der Waals surface area (Å²) in [6, 6.07) is 3.19. The van der Waals surface area contributed by atoms with Gasteiger partial charge in [-0.1, -0.05) is 0 Å². The lowest BCUT2D eigenvalue weighted by atomic mass is 10.1. The summed E-state index contributed by atoms with van der Waals surface area (Å²) in [5, 5.41) is 14.8. The topological polar surface area (TPSA) is 78.0 Å². The minimum absolute atomic E-state index is 0.153. The van der Waals surface area contributed by atoms with Crippen LogP contribution in [0.1, 0.15) is 5.56 Å². The Bertz CT molecular complexity index is 1270. The monoisotopic (exact) mass is 453 g/mol. The fraction of sp³-hybridized carbons (Fsp3) is 0.250. The van der Waals surface area contributed by atoms with E-state index in [1.807, 2.05) is 0 Å². The summed E-state index contributed by atoms with van der Waals surface area (Å²) >= 11 is 0. The third-order valence-corrected chi connectivity index (χ3v) is 4.57. The highest BCUT2D eigenvalue weighted by Gasteiger charge is 2.28. The number of pyridine rings is 2. The second kappa shape index (κ2) is 8.09. The molecule has 7 nitrogen and oxygen atoms in total. The average molecular weight is 453 g/mol. The van der Waals surface area contributed by atoms with Crippen LogP contribution in [0.4, 0.5) is 22.0 Å². The van der Waals surface area contributed by atoms with Gasteiger partial charge in [0, 0.05) is 24.2 Å². The van der Waals surface area contributed by atoms with E-state index in [1.165, 1.54) is 35.4 Å². The van der Waals surface area contributed by atoms with Gasteiger partial charge in [0.2, 0.25) is 5.88 Å². The molecule has 0 aliphatic carbocycles. The quantitative estimate of drug-likeness (QED) is 0.435. The number of alkyl halides is 5. The van der Waals surface area contributed by atoms with Crippen molar-refractivity contribution < 1.29 is 31.8 Å². The largest absolute Gasteiger partial charge is 0.494 e. The van der Waals surface area contributed by atoms with Gasteiger partial charge in [0.15, 0.2) is 0 Å². The third kappa shape index (κ3) is 4.48. The number of hydrogen-bond acceptors (Lipinski definition) is 5. The van der Waals surface area contributed by atoms with Gasteiger partial charge in [0.1, 0.15) is 18.9 Å². The average Bonchev–Trinajstić information content (AvgIpc) is 3.29. The van der Waals surface area contributed by atoms with Crippen molar-refractivity contribution in [2.75, 3.05) is 6.61 Å². The van der Waals surface area contributed by atoms with Gasteiger partial charge >= 0.3 is 6.18 Å². The molecule has 4 aromatic rings. The smallest absolute Gasteiger partial charge is 0.408 e. The predicted molar refractivity (Wildman–Crippen MR) is 104 cm³/mol. The Morgan fingerprint density at radius 2 is 1.91 bits per heavy atom. The predicted octanol–water partition coefficient (Wildman–Crippen LogP) is 4.50. The Kier molecular flexibility index (Phi) is 5.45. The van der Waals surface area contributed by atoms with Crippen molar-refractivity contribution in [3.8, 4) is 28.6 Å². The highest BCUT2D eigenvalue weighted by Crippen LogP contribution is 2.34.